The zero-order chi connectivity index (χ0) is 15.1. The predicted octanol–water partition coefficient (Wildman–Crippen LogP) is 2.61. The minimum Gasteiger partial charge on any atom is -0.353 e. The van der Waals surface area contributed by atoms with Gasteiger partial charge in [0.2, 0.25) is 5.95 Å². The Labute approximate surface area is 126 Å². The van der Waals surface area contributed by atoms with E-state index in [1.165, 1.54) is 0 Å². The van der Waals surface area contributed by atoms with Gasteiger partial charge in [-0.3, -0.25) is 0 Å². The Balaban J connectivity index is 2.11. The lowest BCUT2D eigenvalue weighted by molar-refractivity contribution is 0.425. The molecule has 2 rings (SSSR count). The molecule has 0 saturated heterocycles. The van der Waals surface area contributed by atoms with Crippen LogP contribution in [0.4, 0.5) is 17.5 Å². The number of rotatable bonds is 7. The summed E-state index contributed by atoms with van der Waals surface area (Å²) >= 11 is 0. The first kappa shape index (κ1) is 15.3. The minimum atomic E-state index is 0.670. The molecule has 1 N–H and O–H groups in total. The molecule has 1 aromatic carbocycles. The van der Waals surface area contributed by atoms with Crippen LogP contribution in [0, 0.1) is 0 Å². The van der Waals surface area contributed by atoms with E-state index in [2.05, 4.69) is 44.1 Å². The third kappa shape index (κ3) is 4.43. The van der Waals surface area contributed by atoms with Gasteiger partial charge < -0.3 is 15.1 Å². The molecular weight excluding hydrogens is 262 g/mol. The van der Waals surface area contributed by atoms with Crippen molar-refractivity contribution in [3.05, 3.63) is 42.6 Å². The number of nitrogens with zero attached hydrogens (tertiary/aromatic N) is 4. The number of hydrogen-bond acceptors (Lipinski definition) is 5. The van der Waals surface area contributed by atoms with Gasteiger partial charge >= 0.3 is 0 Å². The molecule has 0 bridgehead atoms. The van der Waals surface area contributed by atoms with E-state index in [9.17, 15) is 0 Å². The zero-order valence-electron chi connectivity index (χ0n) is 13.0. The van der Waals surface area contributed by atoms with Crippen LogP contribution < -0.4 is 10.2 Å². The van der Waals surface area contributed by atoms with Crippen LogP contribution in [0.2, 0.25) is 0 Å². The van der Waals surface area contributed by atoms with Crippen molar-refractivity contribution in [3.63, 3.8) is 0 Å². The quantitative estimate of drug-likeness (QED) is 0.847. The van der Waals surface area contributed by atoms with Gasteiger partial charge in [0, 0.05) is 31.5 Å². The molecule has 1 heterocycles. The van der Waals surface area contributed by atoms with Crippen molar-refractivity contribution in [2.45, 2.75) is 6.92 Å². The summed E-state index contributed by atoms with van der Waals surface area (Å²) in [7, 11) is 4.10. The van der Waals surface area contributed by atoms with Gasteiger partial charge in [0.1, 0.15) is 5.82 Å². The fraction of sp³-hybridized carbons (Fsp3) is 0.375. The van der Waals surface area contributed by atoms with Crippen molar-refractivity contribution in [3.8, 4) is 0 Å². The average Bonchev–Trinajstić information content (AvgIpc) is 2.49. The summed E-state index contributed by atoms with van der Waals surface area (Å²) in [5.41, 5.74) is 1.14. The van der Waals surface area contributed by atoms with Crippen LogP contribution in [-0.4, -0.2) is 48.6 Å². The highest BCUT2D eigenvalue weighted by Crippen LogP contribution is 2.23. The molecule has 5 heteroatoms. The molecule has 2 aromatic rings. The van der Waals surface area contributed by atoms with Crippen molar-refractivity contribution in [1.29, 1.82) is 0 Å². The molecule has 0 aliphatic carbocycles. The van der Waals surface area contributed by atoms with E-state index < -0.39 is 0 Å². The van der Waals surface area contributed by atoms with Crippen molar-refractivity contribution in [2.24, 2.45) is 0 Å². The Hall–Kier alpha value is -2.14. The average molecular weight is 285 g/mol. The van der Waals surface area contributed by atoms with E-state index in [0.29, 0.717) is 5.95 Å². The Morgan fingerprint density at radius 3 is 2.52 bits per heavy atom. The SMILES string of the molecule is CCN(c1ccccc1)c1ccnc(NCCN(C)C)n1. The van der Waals surface area contributed by atoms with Crippen LogP contribution >= 0.6 is 0 Å². The number of aromatic nitrogens is 2. The molecule has 0 saturated carbocycles. The van der Waals surface area contributed by atoms with Crippen LogP contribution in [0.5, 0.6) is 0 Å². The van der Waals surface area contributed by atoms with Crippen molar-refractivity contribution >= 4 is 17.5 Å². The van der Waals surface area contributed by atoms with Gasteiger partial charge in [-0.25, -0.2) is 4.98 Å². The van der Waals surface area contributed by atoms with Crippen LogP contribution in [0.15, 0.2) is 42.6 Å². The van der Waals surface area contributed by atoms with Crippen LogP contribution in [0.25, 0.3) is 0 Å². The fourth-order valence-electron chi connectivity index (χ4n) is 2.06. The van der Waals surface area contributed by atoms with E-state index in [1.807, 2.05) is 38.4 Å². The molecule has 1 aromatic heterocycles. The van der Waals surface area contributed by atoms with Crippen molar-refractivity contribution in [2.75, 3.05) is 43.9 Å². The standard InChI is InChI=1S/C16H23N5/c1-4-21(14-8-6-5-7-9-14)15-10-11-17-16(19-15)18-12-13-20(2)3/h5-11H,4,12-13H2,1-3H3,(H,17,18,19). The molecule has 112 valence electrons. The Bertz CT molecular complexity index is 541. The number of hydrogen-bond donors (Lipinski definition) is 1. The van der Waals surface area contributed by atoms with E-state index in [-0.39, 0.29) is 0 Å². The maximum Gasteiger partial charge on any atom is 0.224 e. The number of para-hydroxylation sites is 1. The van der Waals surface area contributed by atoms with E-state index in [1.54, 1.807) is 6.20 Å². The van der Waals surface area contributed by atoms with E-state index in [4.69, 9.17) is 0 Å². The number of anilines is 3. The second-order valence-corrected chi connectivity index (χ2v) is 5.05. The maximum absolute atomic E-state index is 4.60. The lowest BCUT2D eigenvalue weighted by atomic mass is 10.3. The second kappa shape index (κ2) is 7.59. The Morgan fingerprint density at radius 1 is 1.10 bits per heavy atom. The van der Waals surface area contributed by atoms with Crippen LogP contribution in [0.3, 0.4) is 0 Å². The van der Waals surface area contributed by atoms with Gasteiger partial charge in [0.05, 0.1) is 0 Å². The first-order valence-corrected chi connectivity index (χ1v) is 7.25. The van der Waals surface area contributed by atoms with Gasteiger partial charge in [-0.1, -0.05) is 18.2 Å². The van der Waals surface area contributed by atoms with Gasteiger partial charge in [-0.15, -0.1) is 0 Å². The Morgan fingerprint density at radius 2 is 1.86 bits per heavy atom. The highest BCUT2D eigenvalue weighted by molar-refractivity contribution is 5.60. The molecule has 0 aliphatic heterocycles. The van der Waals surface area contributed by atoms with E-state index >= 15 is 0 Å². The Kier molecular flexibility index (Phi) is 5.51. The van der Waals surface area contributed by atoms with Gasteiger partial charge in [-0.2, -0.15) is 4.98 Å². The first-order valence-electron chi connectivity index (χ1n) is 7.25. The van der Waals surface area contributed by atoms with E-state index in [0.717, 1.165) is 31.1 Å². The summed E-state index contributed by atoms with van der Waals surface area (Å²) in [4.78, 5) is 13.2. The lowest BCUT2D eigenvalue weighted by Crippen LogP contribution is -2.22. The summed E-state index contributed by atoms with van der Waals surface area (Å²) in [6.45, 7) is 4.75. The van der Waals surface area contributed by atoms with Crippen molar-refractivity contribution < 1.29 is 0 Å². The molecule has 0 radical (unpaired) electrons. The molecular formula is C16H23N5. The van der Waals surface area contributed by atoms with Crippen LogP contribution in [-0.2, 0) is 0 Å². The summed E-state index contributed by atoms with van der Waals surface area (Å²) in [5.74, 6) is 1.58. The molecule has 0 amide bonds. The van der Waals surface area contributed by atoms with Crippen molar-refractivity contribution in [1.82, 2.24) is 14.9 Å². The highest BCUT2D eigenvalue weighted by atomic mass is 15.2. The summed E-state index contributed by atoms with van der Waals surface area (Å²) in [6.07, 6.45) is 1.80. The highest BCUT2D eigenvalue weighted by Gasteiger charge is 2.09. The third-order valence-electron chi connectivity index (χ3n) is 3.14. The van der Waals surface area contributed by atoms with Gasteiger partial charge in [-0.05, 0) is 39.2 Å². The smallest absolute Gasteiger partial charge is 0.224 e. The van der Waals surface area contributed by atoms with Gasteiger partial charge in [0.15, 0.2) is 0 Å². The summed E-state index contributed by atoms with van der Waals surface area (Å²) < 4.78 is 0. The third-order valence-corrected chi connectivity index (χ3v) is 3.14. The monoisotopic (exact) mass is 285 g/mol. The minimum absolute atomic E-state index is 0.670. The molecule has 0 atom stereocenters. The van der Waals surface area contributed by atoms with Crippen LogP contribution in [0.1, 0.15) is 6.92 Å². The molecule has 0 fully saturated rings. The largest absolute Gasteiger partial charge is 0.353 e. The predicted molar refractivity (Wildman–Crippen MR) is 88.2 cm³/mol. The number of likely N-dealkylation sites (N-methyl/N-ethyl adjacent to an activating group) is 1. The zero-order valence-corrected chi connectivity index (χ0v) is 13.0. The molecule has 5 nitrogen and oxygen atoms in total. The molecule has 21 heavy (non-hydrogen) atoms. The topological polar surface area (TPSA) is 44.3 Å². The molecule has 0 unspecified atom stereocenters. The summed E-state index contributed by atoms with van der Waals surface area (Å²) in [5, 5.41) is 3.26. The van der Waals surface area contributed by atoms with Gasteiger partial charge in [0.25, 0.3) is 0 Å². The second-order valence-electron chi connectivity index (χ2n) is 5.05. The summed E-state index contributed by atoms with van der Waals surface area (Å²) in [6, 6.07) is 12.2. The number of benzene rings is 1. The molecule has 0 aliphatic rings. The number of nitrogens with one attached hydrogen (secondary N) is 1. The lowest BCUT2D eigenvalue weighted by Gasteiger charge is -2.22. The first-order chi connectivity index (χ1) is 10.2. The normalized spacial score (nSPS) is 10.7. The maximum atomic E-state index is 4.60. The molecule has 0 spiro atoms. The fourth-order valence-corrected chi connectivity index (χ4v) is 2.06.